The van der Waals surface area contributed by atoms with Crippen LogP contribution < -0.4 is 21.5 Å². The number of benzene rings is 5. The molecule has 0 spiro atoms. The maximum absolute atomic E-state index is 12.7. The molecule has 48 heavy (non-hydrogen) atoms. The molecule has 0 bridgehead atoms. The van der Waals surface area contributed by atoms with Crippen molar-refractivity contribution in [2.75, 3.05) is 10.6 Å². The summed E-state index contributed by atoms with van der Waals surface area (Å²) in [6, 6.07) is 40.1. The van der Waals surface area contributed by atoms with E-state index in [4.69, 9.17) is 0 Å². The fourth-order valence-electron chi connectivity index (χ4n) is 6.41. The van der Waals surface area contributed by atoms with Gasteiger partial charge in [-0.05, 0) is 114 Å². The second-order valence-electron chi connectivity index (χ2n) is 12.3. The summed E-state index contributed by atoms with van der Waals surface area (Å²) in [4.78, 5) is 25.3. The van der Waals surface area contributed by atoms with Gasteiger partial charge in [-0.15, -0.1) is 0 Å². The van der Waals surface area contributed by atoms with E-state index in [0.29, 0.717) is 23.2 Å². The van der Waals surface area contributed by atoms with Crippen LogP contribution in [0.25, 0.3) is 0 Å². The van der Waals surface area contributed by atoms with Crippen LogP contribution in [0.4, 0.5) is 11.4 Å². The Bertz CT molecular complexity index is 1790. The van der Waals surface area contributed by atoms with E-state index >= 15 is 0 Å². The van der Waals surface area contributed by atoms with Crippen LogP contribution in [0, 0.1) is 0 Å². The molecule has 8 nitrogen and oxygen atoms in total. The summed E-state index contributed by atoms with van der Waals surface area (Å²) in [5, 5.41) is 15.4. The number of hydrazone groups is 2. The van der Waals surface area contributed by atoms with E-state index in [9.17, 15) is 9.59 Å². The van der Waals surface area contributed by atoms with Crippen molar-refractivity contribution in [1.82, 2.24) is 10.9 Å². The molecule has 0 heterocycles. The van der Waals surface area contributed by atoms with Crippen molar-refractivity contribution in [3.8, 4) is 0 Å². The number of nitrogens with one attached hydrogen (secondary N) is 4. The SMILES string of the molecule is O=C(NN=Cc1cccc(C=NNC(=O)c2ccc(NC3Cc4ccccc4C3)cc2)c1)c1ccc(NC2Cc3ccccc3C2)cc1. The van der Waals surface area contributed by atoms with Gasteiger partial charge in [0.2, 0.25) is 0 Å². The van der Waals surface area contributed by atoms with Crippen LogP contribution in [0.5, 0.6) is 0 Å². The van der Waals surface area contributed by atoms with Crippen LogP contribution >= 0.6 is 0 Å². The quantitative estimate of drug-likeness (QED) is 0.106. The highest BCUT2D eigenvalue weighted by atomic mass is 16.2. The predicted octanol–water partition coefficient (Wildman–Crippen LogP) is 6.37. The van der Waals surface area contributed by atoms with Crippen molar-refractivity contribution < 1.29 is 9.59 Å². The van der Waals surface area contributed by atoms with Crippen molar-refractivity contribution in [2.45, 2.75) is 37.8 Å². The van der Waals surface area contributed by atoms with E-state index in [1.165, 1.54) is 22.3 Å². The number of rotatable bonds is 10. The van der Waals surface area contributed by atoms with E-state index in [1.54, 1.807) is 36.7 Å². The zero-order valence-corrected chi connectivity index (χ0v) is 26.4. The van der Waals surface area contributed by atoms with Gasteiger partial charge in [-0.3, -0.25) is 9.59 Å². The lowest BCUT2D eigenvalue weighted by atomic mass is 10.1. The average molecular weight is 633 g/mol. The van der Waals surface area contributed by atoms with Crippen LogP contribution in [0.3, 0.4) is 0 Å². The van der Waals surface area contributed by atoms with E-state index in [-0.39, 0.29) is 11.8 Å². The van der Waals surface area contributed by atoms with E-state index in [1.807, 2.05) is 48.5 Å². The fourth-order valence-corrected chi connectivity index (χ4v) is 6.41. The second-order valence-corrected chi connectivity index (χ2v) is 12.3. The first-order valence-corrected chi connectivity index (χ1v) is 16.2. The minimum Gasteiger partial charge on any atom is -0.382 e. The highest BCUT2D eigenvalue weighted by Gasteiger charge is 2.21. The second kappa shape index (κ2) is 14.2. The fraction of sp³-hybridized carbons (Fsp3) is 0.150. The van der Waals surface area contributed by atoms with Gasteiger partial charge < -0.3 is 10.6 Å². The number of carbonyl (C=O) groups is 2. The summed E-state index contributed by atoms with van der Waals surface area (Å²) in [7, 11) is 0. The first-order chi connectivity index (χ1) is 23.6. The highest BCUT2D eigenvalue weighted by Crippen LogP contribution is 2.26. The Kier molecular flexibility index (Phi) is 9.04. The van der Waals surface area contributed by atoms with Gasteiger partial charge in [0, 0.05) is 34.6 Å². The van der Waals surface area contributed by atoms with E-state index < -0.39 is 0 Å². The molecule has 0 fully saturated rings. The van der Waals surface area contributed by atoms with Crippen LogP contribution in [0.15, 0.2) is 132 Å². The Morgan fingerprint density at radius 2 is 0.875 bits per heavy atom. The molecule has 7 rings (SSSR count). The summed E-state index contributed by atoms with van der Waals surface area (Å²) >= 11 is 0. The van der Waals surface area contributed by atoms with E-state index in [2.05, 4.69) is 80.2 Å². The number of carbonyl (C=O) groups excluding carboxylic acids is 2. The molecule has 0 unspecified atom stereocenters. The summed E-state index contributed by atoms with van der Waals surface area (Å²) in [5.74, 6) is -0.584. The number of fused-ring (bicyclic) bond motifs is 2. The van der Waals surface area contributed by atoms with Gasteiger partial charge in [-0.2, -0.15) is 10.2 Å². The zero-order chi connectivity index (χ0) is 32.7. The minimum absolute atomic E-state index is 0.292. The Labute approximate surface area is 280 Å². The molecule has 0 saturated heterocycles. The summed E-state index contributed by atoms with van der Waals surface area (Å²) < 4.78 is 0. The lowest BCUT2D eigenvalue weighted by Crippen LogP contribution is -2.20. The molecule has 8 heteroatoms. The Balaban J connectivity index is 0.858. The molecule has 2 aliphatic rings. The number of hydrogen-bond donors (Lipinski definition) is 4. The number of anilines is 2. The van der Waals surface area contributed by atoms with Crippen LogP contribution in [0.2, 0.25) is 0 Å². The minimum atomic E-state index is -0.292. The maximum Gasteiger partial charge on any atom is 0.271 e. The Morgan fingerprint density at radius 3 is 1.25 bits per heavy atom. The van der Waals surface area contributed by atoms with Gasteiger partial charge in [-0.1, -0.05) is 66.7 Å². The Hall–Kier alpha value is -6.02. The van der Waals surface area contributed by atoms with Crippen LogP contribution in [-0.4, -0.2) is 36.3 Å². The Morgan fingerprint density at radius 1 is 0.500 bits per heavy atom. The molecule has 238 valence electrons. The zero-order valence-electron chi connectivity index (χ0n) is 26.4. The first-order valence-electron chi connectivity index (χ1n) is 16.2. The van der Waals surface area contributed by atoms with Crippen LogP contribution in [-0.2, 0) is 25.7 Å². The molecular weight excluding hydrogens is 596 g/mol. The van der Waals surface area contributed by atoms with Crippen molar-refractivity contribution in [1.29, 1.82) is 0 Å². The van der Waals surface area contributed by atoms with E-state index in [0.717, 1.165) is 48.2 Å². The summed E-state index contributed by atoms with van der Waals surface area (Å²) in [6.07, 6.45) is 7.14. The standard InChI is InChI=1S/C40H36N6O2/c47-39(29-12-16-35(17-13-29)43-37-21-31-8-1-2-9-32(31)22-37)45-41-25-27-6-5-7-28(20-27)26-42-46-40(48)30-14-18-36(19-15-30)44-38-23-33-10-3-4-11-34(33)24-38/h1-20,25-26,37-38,43-44H,21-24H2,(H,45,47)(H,46,48). The molecule has 0 aromatic heterocycles. The normalized spacial score (nSPS) is 14.2. The molecule has 0 radical (unpaired) electrons. The lowest BCUT2D eigenvalue weighted by Gasteiger charge is -2.13. The van der Waals surface area contributed by atoms with Crippen molar-refractivity contribution in [2.24, 2.45) is 10.2 Å². The molecule has 5 aromatic rings. The van der Waals surface area contributed by atoms with Gasteiger partial charge in [0.05, 0.1) is 12.4 Å². The van der Waals surface area contributed by atoms with Crippen molar-refractivity contribution in [3.63, 3.8) is 0 Å². The number of nitrogens with zero attached hydrogens (tertiary/aromatic N) is 2. The smallest absolute Gasteiger partial charge is 0.271 e. The average Bonchev–Trinajstić information content (AvgIpc) is 3.72. The topological polar surface area (TPSA) is 107 Å². The molecule has 0 aliphatic heterocycles. The van der Waals surface area contributed by atoms with Gasteiger partial charge in [0.1, 0.15) is 0 Å². The third kappa shape index (κ3) is 7.50. The maximum atomic E-state index is 12.7. The number of amides is 2. The van der Waals surface area contributed by atoms with Gasteiger partial charge >= 0.3 is 0 Å². The molecule has 0 saturated carbocycles. The van der Waals surface area contributed by atoms with Gasteiger partial charge in [0.25, 0.3) is 11.8 Å². The third-order valence-electron chi connectivity index (χ3n) is 8.81. The first kappa shape index (κ1) is 30.6. The molecule has 2 aliphatic carbocycles. The highest BCUT2D eigenvalue weighted by molar-refractivity contribution is 5.96. The molecular formula is C40H36N6O2. The molecule has 5 aromatic carbocycles. The van der Waals surface area contributed by atoms with Crippen LogP contribution in [0.1, 0.15) is 54.1 Å². The largest absolute Gasteiger partial charge is 0.382 e. The summed E-state index contributed by atoms with van der Waals surface area (Å²) in [6.45, 7) is 0. The lowest BCUT2D eigenvalue weighted by molar-refractivity contribution is 0.0947. The van der Waals surface area contributed by atoms with Gasteiger partial charge in [0.15, 0.2) is 0 Å². The van der Waals surface area contributed by atoms with Gasteiger partial charge in [-0.25, -0.2) is 10.9 Å². The molecule has 4 N–H and O–H groups in total. The van der Waals surface area contributed by atoms with Crippen molar-refractivity contribution >= 4 is 35.6 Å². The van der Waals surface area contributed by atoms with Crippen molar-refractivity contribution in [3.05, 3.63) is 166 Å². The predicted molar refractivity (Wildman–Crippen MR) is 192 cm³/mol. The monoisotopic (exact) mass is 632 g/mol. The number of hydrogen-bond acceptors (Lipinski definition) is 6. The molecule has 2 amide bonds. The summed E-state index contributed by atoms with van der Waals surface area (Å²) in [5.41, 5.74) is 15.3. The molecule has 0 atom stereocenters. The third-order valence-corrected chi connectivity index (χ3v) is 8.81.